The number of hydrogen-bond acceptors (Lipinski definition) is 9. The maximum Gasteiger partial charge on any atom is 0.223 e. The highest BCUT2D eigenvalue weighted by molar-refractivity contribution is 7.91. The van der Waals surface area contributed by atoms with E-state index in [1.807, 2.05) is 18.5 Å². The monoisotopic (exact) mass is 519 g/mol. The predicted molar refractivity (Wildman–Crippen MR) is 136 cm³/mol. The van der Waals surface area contributed by atoms with Crippen LogP contribution < -0.4 is 16.0 Å². The molecule has 1 saturated heterocycles. The van der Waals surface area contributed by atoms with E-state index in [0.29, 0.717) is 36.3 Å². The molecular formula is C23H33N7O5S. The molecule has 12 nitrogen and oxygen atoms in total. The molecule has 4 heterocycles. The molecule has 0 unspecified atom stereocenters. The van der Waals surface area contributed by atoms with E-state index in [1.54, 1.807) is 6.20 Å². The van der Waals surface area contributed by atoms with E-state index < -0.39 is 15.4 Å². The number of oxime groups is 1. The molecular weight excluding hydrogens is 486 g/mol. The summed E-state index contributed by atoms with van der Waals surface area (Å²) >= 11 is 0. The lowest BCUT2D eigenvalue weighted by atomic mass is 9.87. The third-order valence-electron chi connectivity index (χ3n) is 6.81. The second-order valence-electron chi connectivity index (χ2n) is 9.41. The van der Waals surface area contributed by atoms with Crippen molar-refractivity contribution in [1.29, 1.82) is 0 Å². The number of fused-ring (bicyclic) bond motifs is 1. The summed E-state index contributed by atoms with van der Waals surface area (Å²) in [6.07, 6.45) is 2.86. The highest BCUT2D eigenvalue weighted by Gasteiger charge is 2.44. The van der Waals surface area contributed by atoms with Crippen LogP contribution in [0.5, 0.6) is 0 Å². The van der Waals surface area contributed by atoms with Gasteiger partial charge in [0.1, 0.15) is 9.84 Å². The number of carbonyl (C=O) groups excluding carboxylic acids is 2. The van der Waals surface area contributed by atoms with Crippen molar-refractivity contribution in [2.75, 3.05) is 30.9 Å². The van der Waals surface area contributed by atoms with Gasteiger partial charge in [-0.25, -0.2) is 18.1 Å². The minimum Gasteiger partial charge on any atom is -0.387 e. The molecule has 0 aliphatic carbocycles. The fraction of sp³-hybridized carbons (Fsp3) is 0.609. The van der Waals surface area contributed by atoms with Crippen molar-refractivity contribution in [2.45, 2.75) is 64.1 Å². The molecule has 2 amide bonds. The van der Waals surface area contributed by atoms with Crippen molar-refractivity contribution >= 4 is 44.1 Å². The summed E-state index contributed by atoms with van der Waals surface area (Å²) in [5.41, 5.74) is 2.39. The molecule has 0 radical (unpaired) electrons. The van der Waals surface area contributed by atoms with Crippen molar-refractivity contribution < 1.29 is 22.8 Å². The molecule has 2 aliphatic rings. The normalized spacial score (nSPS) is 18.9. The molecule has 13 heteroatoms. The molecule has 3 N–H and O–H groups in total. The first-order valence-corrected chi connectivity index (χ1v) is 13.9. The van der Waals surface area contributed by atoms with Crippen molar-refractivity contribution in [3.63, 3.8) is 0 Å². The number of aryl methyl sites for hydroxylation is 2. The van der Waals surface area contributed by atoms with Crippen LogP contribution in [-0.4, -0.2) is 78.0 Å². The Kier molecular flexibility index (Phi) is 7.21. The van der Waals surface area contributed by atoms with E-state index in [4.69, 9.17) is 4.84 Å². The van der Waals surface area contributed by atoms with Gasteiger partial charge >= 0.3 is 0 Å². The number of amides is 2. The average molecular weight is 520 g/mol. The number of anilines is 1. The summed E-state index contributed by atoms with van der Waals surface area (Å²) in [4.78, 5) is 35.0. The molecule has 196 valence electrons. The lowest BCUT2D eigenvalue weighted by Gasteiger charge is -2.26. The Balaban J connectivity index is 1.74. The first-order valence-electron chi connectivity index (χ1n) is 12.1. The van der Waals surface area contributed by atoms with Gasteiger partial charge in [-0.15, -0.1) is 0 Å². The van der Waals surface area contributed by atoms with Gasteiger partial charge in [-0.3, -0.25) is 9.59 Å². The summed E-state index contributed by atoms with van der Waals surface area (Å²) in [5, 5.41) is 18.5. The summed E-state index contributed by atoms with van der Waals surface area (Å²) < 4.78 is 25.8. The van der Waals surface area contributed by atoms with Gasteiger partial charge in [0.15, 0.2) is 11.2 Å². The van der Waals surface area contributed by atoms with E-state index in [0.717, 1.165) is 16.8 Å². The number of sulfone groups is 1. The zero-order valence-corrected chi connectivity index (χ0v) is 21.9. The van der Waals surface area contributed by atoms with Crippen LogP contribution in [0.3, 0.4) is 0 Å². The minimum absolute atomic E-state index is 0.0321. The van der Waals surface area contributed by atoms with Crippen molar-refractivity contribution in [2.24, 2.45) is 5.16 Å². The van der Waals surface area contributed by atoms with E-state index in [1.165, 1.54) is 14.1 Å². The van der Waals surface area contributed by atoms with Crippen LogP contribution in [0.4, 0.5) is 5.69 Å². The fourth-order valence-electron chi connectivity index (χ4n) is 4.83. The second kappa shape index (κ2) is 10.0. The largest absolute Gasteiger partial charge is 0.387 e. The molecule has 0 bridgehead atoms. The molecule has 36 heavy (non-hydrogen) atoms. The number of rotatable bonds is 8. The van der Waals surface area contributed by atoms with E-state index in [-0.39, 0.29) is 48.6 Å². The van der Waals surface area contributed by atoms with Crippen LogP contribution in [0, 0.1) is 6.92 Å². The number of aromatic nitrogens is 3. The van der Waals surface area contributed by atoms with Gasteiger partial charge < -0.3 is 20.8 Å². The summed E-state index contributed by atoms with van der Waals surface area (Å²) in [6.45, 7) is 4.54. The topological polar surface area (TPSA) is 157 Å². The summed E-state index contributed by atoms with van der Waals surface area (Å²) in [7, 11) is 0.0495. The molecule has 1 fully saturated rings. The van der Waals surface area contributed by atoms with Gasteiger partial charge in [0.25, 0.3) is 0 Å². The van der Waals surface area contributed by atoms with Crippen molar-refractivity contribution in [1.82, 2.24) is 25.4 Å². The fourth-order valence-corrected chi connectivity index (χ4v) is 6.32. The van der Waals surface area contributed by atoms with Gasteiger partial charge in [-0.2, -0.15) is 5.10 Å². The zero-order valence-electron chi connectivity index (χ0n) is 21.0. The van der Waals surface area contributed by atoms with E-state index >= 15 is 0 Å². The highest BCUT2D eigenvalue weighted by Crippen LogP contribution is 2.38. The number of pyridine rings is 1. The third kappa shape index (κ3) is 5.15. The Bertz CT molecular complexity index is 1290. The molecule has 2 aromatic heterocycles. The second-order valence-corrected chi connectivity index (χ2v) is 11.7. The Morgan fingerprint density at radius 1 is 1.17 bits per heavy atom. The van der Waals surface area contributed by atoms with Crippen LogP contribution in [0.1, 0.15) is 50.3 Å². The molecule has 0 spiro atoms. The molecule has 2 aliphatic heterocycles. The minimum atomic E-state index is -3.02. The van der Waals surface area contributed by atoms with Crippen LogP contribution >= 0.6 is 0 Å². The number of nitrogens with zero attached hydrogens (tertiary/aromatic N) is 4. The molecule has 4 rings (SSSR count). The molecule has 0 aromatic carbocycles. The molecule has 2 aromatic rings. The Hall–Kier alpha value is -3.22. The zero-order chi connectivity index (χ0) is 26.1. The maximum atomic E-state index is 12.3. The summed E-state index contributed by atoms with van der Waals surface area (Å²) in [5.74, 6) is -0.254. The van der Waals surface area contributed by atoms with Gasteiger partial charge in [-0.05, 0) is 26.7 Å². The smallest absolute Gasteiger partial charge is 0.223 e. The number of nitrogens with one attached hydrogen (secondary N) is 3. The van der Waals surface area contributed by atoms with Crippen LogP contribution in [0.25, 0.3) is 11.0 Å². The quantitative estimate of drug-likeness (QED) is 0.464. The third-order valence-corrected chi connectivity index (χ3v) is 8.53. The van der Waals surface area contributed by atoms with Crippen molar-refractivity contribution in [3.05, 3.63) is 17.5 Å². The van der Waals surface area contributed by atoms with Crippen LogP contribution in [-0.2, 0) is 30.8 Å². The Morgan fingerprint density at radius 3 is 2.39 bits per heavy atom. The first-order chi connectivity index (χ1) is 17.1. The Labute approximate surface area is 210 Å². The maximum absolute atomic E-state index is 12.3. The van der Waals surface area contributed by atoms with Gasteiger partial charge in [0.05, 0.1) is 46.8 Å². The standard InChI is InChI=1S/C23H33N7O5S/c1-5-30-22-20(14(2)28-30)21(27-15-6-8-36(33,34)9-7-15)16(13-26-22)17-10-23(35-29-17,11-18(31)24-3)12-19(32)25-4/h13,15H,5-12H2,1-4H3,(H,24,31)(H,25,32)(H,26,27). The van der Waals surface area contributed by atoms with E-state index in [9.17, 15) is 18.0 Å². The lowest BCUT2D eigenvalue weighted by Crippen LogP contribution is -2.40. The average Bonchev–Trinajstić information content (AvgIpc) is 3.41. The molecule has 0 atom stereocenters. The van der Waals surface area contributed by atoms with E-state index in [2.05, 4.69) is 31.2 Å². The molecule has 0 saturated carbocycles. The number of hydrogen-bond donors (Lipinski definition) is 3. The van der Waals surface area contributed by atoms with Gasteiger partial charge in [0, 0.05) is 44.9 Å². The van der Waals surface area contributed by atoms with Crippen molar-refractivity contribution in [3.8, 4) is 0 Å². The number of carbonyl (C=O) groups is 2. The van der Waals surface area contributed by atoms with Gasteiger partial charge in [0.2, 0.25) is 11.8 Å². The van der Waals surface area contributed by atoms with Gasteiger partial charge in [-0.1, -0.05) is 5.16 Å². The predicted octanol–water partition coefficient (Wildman–Crippen LogP) is 0.884. The van der Waals surface area contributed by atoms with Crippen LogP contribution in [0.15, 0.2) is 11.4 Å². The first kappa shape index (κ1) is 25.9. The Morgan fingerprint density at radius 2 is 1.81 bits per heavy atom. The highest BCUT2D eigenvalue weighted by atomic mass is 32.2. The lowest BCUT2D eigenvalue weighted by molar-refractivity contribution is -0.133. The SMILES string of the molecule is CCn1nc(C)c2c(NC3CCS(=O)(=O)CC3)c(C3=NOC(CC(=O)NC)(CC(=O)NC)C3)cnc21. The van der Waals surface area contributed by atoms with Crippen LogP contribution in [0.2, 0.25) is 0 Å². The summed E-state index contributed by atoms with van der Waals surface area (Å²) in [6, 6.07) is -0.0494.